The second-order valence-electron chi connectivity index (χ2n) is 5.97. The van der Waals surface area contributed by atoms with Crippen molar-refractivity contribution in [2.45, 2.75) is 31.8 Å². The van der Waals surface area contributed by atoms with Crippen molar-refractivity contribution < 1.29 is 13.2 Å². The van der Waals surface area contributed by atoms with E-state index in [9.17, 15) is 13.2 Å². The summed E-state index contributed by atoms with van der Waals surface area (Å²) in [4.78, 5) is 13.7. The number of rotatable bonds is 5. The molecule has 2 atom stereocenters. The molecule has 0 aliphatic carbocycles. The number of tetrazole rings is 1. The number of sulfone groups is 1. The van der Waals surface area contributed by atoms with E-state index in [1.165, 1.54) is 4.80 Å². The smallest absolute Gasteiger partial charge is 0.247 e. The first-order chi connectivity index (χ1) is 11.9. The Morgan fingerprint density at radius 1 is 1.40 bits per heavy atom. The molecule has 3 rings (SSSR count). The largest absolute Gasteiger partial charge is 0.350 e. The van der Waals surface area contributed by atoms with Crippen LogP contribution in [0.25, 0.3) is 11.4 Å². The number of nitrogens with zero attached hydrogens (tertiary/aromatic N) is 4. The number of amides is 1. The van der Waals surface area contributed by atoms with Gasteiger partial charge in [0, 0.05) is 16.6 Å². The molecule has 2 aromatic rings. The molecule has 1 fully saturated rings. The third-order valence-electron chi connectivity index (χ3n) is 4.08. The van der Waals surface area contributed by atoms with Gasteiger partial charge in [-0.1, -0.05) is 18.5 Å². The first kappa shape index (κ1) is 17.8. The number of benzene rings is 1. The fourth-order valence-corrected chi connectivity index (χ4v) is 4.53. The maximum absolute atomic E-state index is 12.5. The molecular weight excluding hydrogens is 366 g/mol. The number of aromatic nitrogens is 4. The van der Waals surface area contributed by atoms with Crippen molar-refractivity contribution in [1.82, 2.24) is 25.5 Å². The summed E-state index contributed by atoms with van der Waals surface area (Å²) in [5, 5.41) is 15.6. The third kappa shape index (κ3) is 4.16. The van der Waals surface area contributed by atoms with E-state index in [2.05, 4.69) is 20.7 Å². The molecule has 0 bridgehead atoms. The SMILES string of the molecule is CCC(C(=O)NC1CCS(=O)(=O)C1)n1nnc(-c2ccc(Cl)cc2)n1. The van der Waals surface area contributed by atoms with Crippen LogP contribution < -0.4 is 5.32 Å². The Labute approximate surface area is 150 Å². The Kier molecular flexibility index (Phi) is 5.05. The summed E-state index contributed by atoms with van der Waals surface area (Å²) in [7, 11) is -3.05. The highest BCUT2D eigenvalue weighted by molar-refractivity contribution is 7.91. The molecule has 10 heteroatoms. The minimum atomic E-state index is -3.05. The van der Waals surface area contributed by atoms with Crippen molar-refractivity contribution in [3.63, 3.8) is 0 Å². The minimum absolute atomic E-state index is 0.0179. The van der Waals surface area contributed by atoms with Gasteiger partial charge in [0.15, 0.2) is 15.9 Å². The summed E-state index contributed by atoms with van der Waals surface area (Å²) in [5.74, 6) is 0.184. The van der Waals surface area contributed by atoms with Gasteiger partial charge in [0.05, 0.1) is 11.5 Å². The van der Waals surface area contributed by atoms with Crippen LogP contribution >= 0.6 is 11.6 Å². The molecule has 1 N–H and O–H groups in total. The predicted octanol–water partition coefficient (Wildman–Crippen LogP) is 1.25. The first-order valence-corrected chi connectivity index (χ1v) is 10.1. The molecule has 2 unspecified atom stereocenters. The van der Waals surface area contributed by atoms with E-state index in [4.69, 9.17) is 11.6 Å². The molecule has 134 valence electrons. The average molecular weight is 384 g/mol. The molecule has 1 aliphatic rings. The average Bonchev–Trinajstić information content (AvgIpc) is 3.16. The molecule has 0 spiro atoms. The van der Waals surface area contributed by atoms with Crippen LogP contribution in [0.15, 0.2) is 24.3 Å². The number of carbonyl (C=O) groups excluding carboxylic acids is 1. The molecule has 2 heterocycles. The van der Waals surface area contributed by atoms with Crippen molar-refractivity contribution in [2.75, 3.05) is 11.5 Å². The molecule has 0 radical (unpaired) electrons. The fraction of sp³-hybridized carbons (Fsp3) is 0.467. The molecule has 1 aliphatic heterocycles. The van der Waals surface area contributed by atoms with Crippen molar-refractivity contribution in [1.29, 1.82) is 0 Å². The lowest BCUT2D eigenvalue weighted by molar-refractivity contribution is -0.125. The second kappa shape index (κ2) is 7.09. The van der Waals surface area contributed by atoms with Crippen LogP contribution in [0.2, 0.25) is 5.02 Å². The van der Waals surface area contributed by atoms with Gasteiger partial charge in [-0.05, 0) is 42.3 Å². The predicted molar refractivity (Wildman–Crippen MR) is 92.8 cm³/mol. The molecule has 25 heavy (non-hydrogen) atoms. The highest BCUT2D eigenvalue weighted by Gasteiger charge is 2.31. The second-order valence-corrected chi connectivity index (χ2v) is 8.64. The normalized spacial score (nSPS) is 20.3. The van der Waals surface area contributed by atoms with Gasteiger partial charge < -0.3 is 5.32 Å². The van der Waals surface area contributed by atoms with Crippen LogP contribution in [-0.2, 0) is 14.6 Å². The standard InChI is InChI=1S/C15H18ClN5O3S/c1-2-13(15(22)17-12-7-8-25(23,24)9-12)21-19-14(18-20-21)10-3-5-11(16)6-4-10/h3-6,12-13H,2,7-9H2,1H3,(H,17,22). The van der Waals surface area contributed by atoms with E-state index >= 15 is 0 Å². The first-order valence-electron chi connectivity index (χ1n) is 7.94. The highest BCUT2D eigenvalue weighted by Crippen LogP contribution is 2.19. The Balaban J connectivity index is 1.72. The molecule has 1 aromatic heterocycles. The Hall–Kier alpha value is -2.00. The van der Waals surface area contributed by atoms with E-state index in [0.29, 0.717) is 23.7 Å². The number of nitrogens with one attached hydrogen (secondary N) is 1. The maximum atomic E-state index is 12.5. The number of hydrogen-bond acceptors (Lipinski definition) is 6. The zero-order valence-corrected chi connectivity index (χ0v) is 15.2. The fourth-order valence-electron chi connectivity index (χ4n) is 2.73. The lowest BCUT2D eigenvalue weighted by Gasteiger charge is -2.16. The van der Waals surface area contributed by atoms with Gasteiger partial charge in [-0.2, -0.15) is 4.80 Å². The van der Waals surface area contributed by atoms with Crippen molar-refractivity contribution in [2.24, 2.45) is 0 Å². The molecular formula is C15H18ClN5O3S. The van der Waals surface area contributed by atoms with Gasteiger partial charge in [-0.15, -0.1) is 10.2 Å². The van der Waals surface area contributed by atoms with Gasteiger partial charge in [0.25, 0.3) is 0 Å². The highest BCUT2D eigenvalue weighted by atomic mass is 35.5. The van der Waals surface area contributed by atoms with Gasteiger partial charge in [-0.25, -0.2) is 8.42 Å². The Morgan fingerprint density at radius 2 is 2.12 bits per heavy atom. The van der Waals surface area contributed by atoms with Crippen LogP contribution in [0, 0.1) is 0 Å². The Morgan fingerprint density at radius 3 is 2.72 bits per heavy atom. The van der Waals surface area contributed by atoms with Crippen LogP contribution in [-0.4, -0.2) is 52.1 Å². The van der Waals surface area contributed by atoms with Crippen LogP contribution in [0.1, 0.15) is 25.8 Å². The van der Waals surface area contributed by atoms with Gasteiger partial charge in [0.1, 0.15) is 0 Å². The zero-order chi connectivity index (χ0) is 18.0. The van der Waals surface area contributed by atoms with E-state index in [-0.39, 0.29) is 23.5 Å². The molecule has 8 nitrogen and oxygen atoms in total. The van der Waals surface area contributed by atoms with Crippen molar-refractivity contribution in [3.8, 4) is 11.4 Å². The van der Waals surface area contributed by atoms with Gasteiger partial charge in [-0.3, -0.25) is 4.79 Å². The van der Waals surface area contributed by atoms with Crippen LogP contribution in [0.5, 0.6) is 0 Å². The molecule has 1 saturated heterocycles. The summed E-state index contributed by atoms with van der Waals surface area (Å²) in [6, 6.07) is 5.99. The molecule has 1 aromatic carbocycles. The molecule has 1 amide bonds. The van der Waals surface area contributed by atoms with E-state index in [1.54, 1.807) is 24.3 Å². The van der Waals surface area contributed by atoms with Gasteiger partial charge >= 0.3 is 0 Å². The zero-order valence-electron chi connectivity index (χ0n) is 13.6. The van der Waals surface area contributed by atoms with Gasteiger partial charge in [0.2, 0.25) is 11.7 Å². The summed E-state index contributed by atoms with van der Waals surface area (Å²) in [6.45, 7) is 1.83. The lowest BCUT2D eigenvalue weighted by Crippen LogP contribution is -2.40. The van der Waals surface area contributed by atoms with Crippen LogP contribution in [0.3, 0.4) is 0 Å². The van der Waals surface area contributed by atoms with Crippen LogP contribution in [0.4, 0.5) is 0 Å². The van der Waals surface area contributed by atoms with Crippen molar-refractivity contribution >= 4 is 27.3 Å². The number of hydrogen-bond donors (Lipinski definition) is 1. The summed E-state index contributed by atoms with van der Waals surface area (Å²) < 4.78 is 23.0. The molecule has 0 saturated carbocycles. The minimum Gasteiger partial charge on any atom is -0.350 e. The summed E-state index contributed by atoms with van der Waals surface area (Å²) >= 11 is 5.86. The Bertz CT molecular complexity index is 866. The van der Waals surface area contributed by atoms with E-state index < -0.39 is 15.9 Å². The van der Waals surface area contributed by atoms with E-state index in [1.807, 2.05) is 6.92 Å². The number of carbonyl (C=O) groups is 1. The maximum Gasteiger partial charge on any atom is 0.247 e. The lowest BCUT2D eigenvalue weighted by atomic mass is 10.2. The summed E-state index contributed by atoms with van der Waals surface area (Å²) in [5.41, 5.74) is 0.743. The quantitative estimate of drug-likeness (QED) is 0.832. The third-order valence-corrected chi connectivity index (χ3v) is 6.10. The van der Waals surface area contributed by atoms with E-state index in [0.717, 1.165) is 5.56 Å². The van der Waals surface area contributed by atoms with Crippen molar-refractivity contribution in [3.05, 3.63) is 29.3 Å². The number of halogens is 1. The topological polar surface area (TPSA) is 107 Å². The summed E-state index contributed by atoms with van der Waals surface area (Å²) in [6.07, 6.45) is 0.896. The monoisotopic (exact) mass is 383 g/mol.